The van der Waals surface area contributed by atoms with Crippen molar-refractivity contribution >= 4 is 20.5 Å². The number of carbonyl (C=O) groups excluding carboxylic acids is 1. The maximum atomic E-state index is 11.0. The molecule has 0 bridgehead atoms. The van der Waals surface area contributed by atoms with E-state index >= 15 is 0 Å². The molecule has 1 rings (SSSR count). The van der Waals surface area contributed by atoms with Gasteiger partial charge in [-0.15, -0.1) is 0 Å². The second-order valence-electron chi connectivity index (χ2n) is 2.00. The average Bonchev–Trinajstić information content (AvgIpc) is 2.36. The molecule has 4 heteroatoms. The molecular weight excluding hydrogens is 209 g/mol. The normalized spacial score (nSPS) is 9.64. The summed E-state index contributed by atoms with van der Waals surface area (Å²) < 4.78 is 2.02. The van der Waals surface area contributed by atoms with Crippen molar-refractivity contribution < 1.29 is 9.63 Å². The monoisotopic (exact) mass is 219 g/mol. The molecule has 3 nitrogen and oxygen atoms in total. The van der Waals surface area contributed by atoms with Gasteiger partial charge in [-0.05, 0) is 0 Å². The topological polar surface area (TPSA) is 38.3 Å². The number of hydrogen-bond acceptors (Lipinski definition) is 3. The van der Waals surface area contributed by atoms with Crippen LogP contribution in [0.25, 0.3) is 0 Å². The van der Waals surface area contributed by atoms with Crippen molar-refractivity contribution in [2.75, 3.05) is 7.05 Å². The summed E-state index contributed by atoms with van der Waals surface area (Å²) in [6, 6.07) is 3.77. The van der Waals surface area contributed by atoms with Crippen LogP contribution in [0.4, 0.5) is 0 Å². The first kappa shape index (κ1) is 8.53. The molecule has 0 radical (unpaired) electrons. The number of aryl methyl sites for hydroxylation is 1. The molecule has 0 aliphatic rings. The van der Waals surface area contributed by atoms with Crippen molar-refractivity contribution in [3.05, 3.63) is 21.0 Å². The predicted octanol–water partition coefficient (Wildman–Crippen LogP) is 0.343. The fourth-order valence-electron chi connectivity index (χ4n) is 0.687. The Labute approximate surface area is 71.1 Å². The van der Waals surface area contributed by atoms with Crippen LogP contribution in [-0.2, 0) is 4.84 Å². The molecule has 0 fully saturated rings. The Kier molecular flexibility index (Phi) is 2.88. The van der Waals surface area contributed by atoms with Crippen molar-refractivity contribution in [2.45, 2.75) is 6.92 Å². The van der Waals surface area contributed by atoms with Gasteiger partial charge >= 0.3 is 70.6 Å². The Hall–Kier alpha value is -0.571. The molecule has 0 aliphatic heterocycles. The van der Waals surface area contributed by atoms with E-state index in [0.717, 1.165) is 4.44 Å². The molecule has 0 aromatic carbocycles. The summed E-state index contributed by atoms with van der Waals surface area (Å²) in [5.74, 6) is -0.263. The standard InChI is InChI=1S/C7H9NO2Se/c1-5-3-4-6(11-5)7(9)10-8-2/h3-4,8H,1-2H3. The number of hydroxylamine groups is 1. The molecule has 0 saturated heterocycles. The van der Waals surface area contributed by atoms with Gasteiger partial charge in [-0.1, -0.05) is 0 Å². The number of nitrogens with one attached hydrogen (secondary N) is 1. The van der Waals surface area contributed by atoms with Gasteiger partial charge in [0.25, 0.3) is 0 Å². The van der Waals surface area contributed by atoms with E-state index in [4.69, 9.17) is 0 Å². The zero-order valence-electron chi connectivity index (χ0n) is 6.38. The van der Waals surface area contributed by atoms with Gasteiger partial charge < -0.3 is 0 Å². The van der Waals surface area contributed by atoms with E-state index in [1.165, 1.54) is 4.44 Å². The molecule has 1 heterocycles. The third-order valence-electron chi connectivity index (χ3n) is 1.14. The number of carbonyl (C=O) groups is 1. The summed E-state index contributed by atoms with van der Waals surface area (Å²) in [7, 11) is 1.57. The maximum absolute atomic E-state index is 11.0. The van der Waals surface area contributed by atoms with Gasteiger partial charge in [0.05, 0.1) is 0 Å². The van der Waals surface area contributed by atoms with Gasteiger partial charge in [0.15, 0.2) is 0 Å². The molecule has 60 valence electrons. The first-order valence-corrected chi connectivity index (χ1v) is 4.89. The minimum atomic E-state index is -0.263. The third kappa shape index (κ3) is 2.19. The summed E-state index contributed by atoms with van der Waals surface area (Å²) in [5, 5.41) is 0. The second kappa shape index (κ2) is 3.72. The van der Waals surface area contributed by atoms with E-state index in [0.29, 0.717) is 0 Å². The van der Waals surface area contributed by atoms with Crippen LogP contribution in [0.3, 0.4) is 0 Å². The van der Waals surface area contributed by atoms with E-state index in [1.807, 2.05) is 19.1 Å². The minimum absolute atomic E-state index is 0.175. The predicted molar refractivity (Wildman–Crippen MR) is 42.6 cm³/mol. The summed E-state index contributed by atoms with van der Waals surface area (Å²) in [4.78, 5) is 15.6. The van der Waals surface area contributed by atoms with Gasteiger partial charge in [-0.25, -0.2) is 0 Å². The third-order valence-corrected chi connectivity index (χ3v) is 3.19. The van der Waals surface area contributed by atoms with Crippen molar-refractivity contribution in [3.8, 4) is 0 Å². The quantitative estimate of drug-likeness (QED) is 0.574. The molecule has 0 amide bonds. The number of hydrogen-bond donors (Lipinski definition) is 1. The Morgan fingerprint density at radius 3 is 2.82 bits per heavy atom. The van der Waals surface area contributed by atoms with E-state index in [-0.39, 0.29) is 20.5 Å². The van der Waals surface area contributed by atoms with Crippen LogP contribution < -0.4 is 5.48 Å². The molecule has 0 unspecified atom stereocenters. The molecule has 1 aromatic rings. The molecule has 0 spiro atoms. The van der Waals surface area contributed by atoms with Crippen molar-refractivity contribution in [1.29, 1.82) is 0 Å². The zero-order chi connectivity index (χ0) is 8.27. The van der Waals surface area contributed by atoms with Crippen LogP contribution in [0.15, 0.2) is 12.1 Å². The van der Waals surface area contributed by atoms with Gasteiger partial charge in [-0.2, -0.15) is 0 Å². The average molecular weight is 218 g/mol. The van der Waals surface area contributed by atoms with Crippen LogP contribution in [0.5, 0.6) is 0 Å². The van der Waals surface area contributed by atoms with Crippen molar-refractivity contribution in [3.63, 3.8) is 0 Å². The summed E-state index contributed by atoms with van der Waals surface area (Å²) in [6.07, 6.45) is 0. The second-order valence-corrected chi connectivity index (χ2v) is 4.71. The molecule has 0 atom stereocenters. The molecule has 11 heavy (non-hydrogen) atoms. The Bertz CT molecular complexity index is 257. The van der Waals surface area contributed by atoms with Crippen LogP contribution in [0.2, 0.25) is 0 Å². The van der Waals surface area contributed by atoms with Crippen molar-refractivity contribution in [2.24, 2.45) is 0 Å². The van der Waals surface area contributed by atoms with Crippen LogP contribution >= 0.6 is 0 Å². The van der Waals surface area contributed by atoms with E-state index in [2.05, 4.69) is 10.3 Å². The Morgan fingerprint density at radius 1 is 1.64 bits per heavy atom. The number of rotatable bonds is 2. The molecule has 1 aromatic heterocycles. The SMILES string of the molecule is CNOC(=O)c1ccc(C)[se]1. The van der Waals surface area contributed by atoms with Crippen molar-refractivity contribution in [1.82, 2.24) is 5.48 Å². The summed E-state index contributed by atoms with van der Waals surface area (Å²) in [6.45, 7) is 2.01. The Morgan fingerprint density at radius 2 is 2.36 bits per heavy atom. The van der Waals surface area contributed by atoms with Gasteiger partial charge in [0, 0.05) is 0 Å². The zero-order valence-corrected chi connectivity index (χ0v) is 8.09. The fraction of sp³-hybridized carbons (Fsp3) is 0.286. The fourth-order valence-corrected chi connectivity index (χ4v) is 2.25. The van der Waals surface area contributed by atoms with Gasteiger partial charge in [0.1, 0.15) is 0 Å². The van der Waals surface area contributed by atoms with Gasteiger partial charge in [0.2, 0.25) is 0 Å². The first-order valence-electron chi connectivity index (χ1n) is 3.18. The molecule has 1 N–H and O–H groups in total. The Balaban J connectivity index is 2.69. The first-order chi connectivity index (χ1) is 5.24. The van der Waals surface area contributed by atoms with E-state index in [9.17, 15) is 4.79 Å². The molecule has 0 saturated carbocycles. The van der Waals surface area contributed by atoms with E-state index < -0.39 is 0 Å². The van der Waals surface area contributed by atoms with Crippen LogP contribution in [0.1, 0.15) is 13.7 Å². The van der Waals surface area contributed by atoms with Crippen LogP contribution in [-0.4, -0.2) is 27.5 Å². The van der Waals surface area contributed by atoms with Gasteiger partial charge in [-0.3, -0.25) is 0 Å². The molecular formula is C7H9NO2Se. The van der Waals surface area contributed by atoms with Crippen LogP contribution in [0, 0.1) is 6.92 Å². The summed E-state index contributed by atoms with van der Waals surface area (Å²) >= 11 is 0.175. The van der Waals surface area contributed by atoms with E-state index in [1.54, 1.807) is 7.05 Å². The summed E-state index contributed by atoms with van der Waals surface area (Å²) in [5.41, 5.74) is 2.36. The molecule has 0 aliphatic carbocycles.